The van der Waals surface area contributed by atoms with Crippen LogP contribution in [0.25, 0.3) is 0 Å². The van der Waals surface area contributed by atoms with Crippen LogP contribution in [0.1, 0.15) is 361 Å². The highest BCUT2D eigenvalue weighted by Crippen LogP contribution is 2.38. The number of phosphoric acid groups is 1. The highest BCUT2D eigenvalue weighted by atomic mass is 31.2. The molecule has 0 aromatic carbocycles. The summed E-state index contributed by atoms with van der Waals surface area (Å²) in [4.78, 5) is 40.3. The Morgan fingerprint density at radius 3 is 1.07 bits per heavy atom. The van der Waals surface area contributed by atoms with Gasteiger partial charge in [0.1, 0.15) is 19.3 Å². The Morgan fingerprint density at radius 2 is 0.693 bits per heavy atom. The van der Waals surface area contributed by atoms with Crippen LogP contribution in [0.2, 0.25) is 0 Å². The summed E-state index contributed by atoms with van der Waals surface area (Å²) in [5, 5.41) is 3.04. The number of likely N-dealkylation sites (N-methyl/N-ethyl adjacent to an activating group) is 1. The first-order valence-electron chi connectivity index (χ1n) is 37.7. The van der Waals surface area contributed by atoms with Crippen molar-refractivity contribution in [3.05, 3.63) is 72.9 Å². The van der Waals surface area contributed by atoms with Crippen LogP contribution in [-0.2, 0) is 27.9 Å². The van der Waals surface area contributed by atoms with Crippen LogP contribution >= 0.6 is 7.82 Å². The largest absolute Gasteiger partial charge is 0.756 e. The minimum Gasteiger partial charge on any atom is -0.756 e. The van der Waals surface area contributed by atoms with Gasteiger partial charge in [-0.05, 0) is 102 Å². The van der Waals surface area contributed by atoms with E-state index in [2.05, 4.69) is 86.8 Å². The van der Waals surface area contributed by atoms with E-state index in [0.29, 0.717) is 17.4 Å². The van der Waals surface area contributed by atoms with Crippen molar-refractivity contribution in [3.63, 3.8) is 0 Å². The first-order valence-corrected chi connectivity index (χ1v) is 39.2. The monoisotopic (exact) mass is 1250 g/mol. The summed E-state index contributed by atoms with van der Waals surface area (Å²) >= 11 is 0. The fourth-order valence-corrected chi connectivity index (χ4v) is 11.8. The third kappa shape index (κ3) is 67.8. The summed E-state index contributed by atoms with van der Waals surface area (Å²) in [5.74, 6) is -0.541. The lowest BCUT2D eigenvalue weighted by Crippen LogP contribution is -2.47. The SMILES string of the molecule is CCCCC/C=C\C/C=C\C/C=C\C/C=C\CCCCCCCCCC(=O)NC(COP(=O)([O-])OCC[N+](C)(C)C)C(/C=C/CCCCCCCCCCCC)OC(=O)CCCCCCCCCCCCCCCCCCC/C=C/CCCCCCCC. The second-order valence-electron chi connectivity index (χ2n) is 26.8. The Kier molecular flexibility index (Phi) is 65.4. The maximum atomic E-state index is 13.6. The number of quaternary nitrogens is 1. The number of unbranched alkanes of at least 4 members (excludes halogenated alkanes) is 43. The Hall–Kier alpha value is -2.55. The molecule has 0 spiro atoms. The van der Waals surface area contributed by atoms with Crippen molar-refractivity contribution in [1.29, 1.82) is 0 Å². The van der Waals surface area contributed by atoms with Crippen LogP contribution in [0.3, 0.4) is 0 Å². The normalized spacial score (nSPS) is 13.9. The molecule has 0 aliphatic heterocycles. The number of nitrogens with one attached hydrogen (secondary N) is 1. The van der Waals surface area contributed by atoms with Crippen molar-refractivity contribution in [2.24, 2.45) is 0 Å². The van der Waals surface area contributed by atoms with E-state index < -0.39 is 26.6 Å². The van der Waals surface area contributed by atoms with Gasteiger partial charge in [-0.3, -0.25) is 14.2 Å². The number of rotatable bonds is 69. The second-order valence-corrected chi connectivity index (χ2v) is 28.2. The summed E-state index contributed by atoms with van der Waals surface area (Å²) in [6.45, 7) is 6.85. The molecule has 0 fully saturated rings. The molecular weight excluding hydrogens is 1110 g/mol. The predicted molar refractivity (Wildman–Crippen MR) is 381 cm³/mol. The Balaban J connectivity index is 5.00. The molecule has 0 radical (unpaired) electrons. The molecule has 10 heteroatoms. The lowest BCUT2D eigenvalue weighted by molar-refractivity contribution is -0.870. The van der Waals surface area contributed by atoms with E-state index in [4.69, 9.17) is 13.8 Å². The molecule has 514 valence electrons. The summed E-state index contributed by atoms with van der Waals surface area (Å²) in [6, 6.07) is -0.897. The van der Waals surface area contributed by atoms with E-state index in [1.54, 1.807) is 0 Å². The molecule has 3 atom stereocenters. The third-order valence-electron chi connectivity index (χ3n) is 16.9. The lowest BCUT2D eigenvalue weighted by atomic mass is 10.0. The van der Waals surface area contributed by atoms with Gasteiger partial charge in [0.05, 0.1) is 33.8 Å². The summed E-state index contributed by atoms with van der Waals surface area (Å²) in [6.07, 6.45) is 88.9. The Morgan fingerprint density at radius 1 is 0.398 bits per heavy atom. The van der Waals surface area contributed by atoms with Crippen LogP contribution in [-0.4, -0.2) is 69.4 Å². The number of ether oxygens (including phenoxy) is 1. The standard InChI is InChI=1S/C78H145N2O7P/c1-7-10-13-16-19-22-25-28-30-32-34-36-38-39-40-41-43-45-47-49-51-53-56-59-62-65-68-71-78(82)87-76(69-66-63-60-57-54-27-24-21-18-15-12-9-3)75(74-86-88(83,84)85-73-72-80(4,5)6)79-77(81)70-67-64-61-58-55-52-50-48-46-44-42-37-35-33-31-29-26-23-20-17-14-11-8-2/h20,23,28-31,35,37,44,46,66,69,75-76H,7-19,21-22,24-27,32-34,36,38-43,45,47-65,67-68,70-74H2,1-6H3,(H-,79,81,83,84)/b23-20-,30-28+,31-29-,37-35-,46-44-,69-66+. The van der Waals surface area contributed by atoms with Gasteiger partial charge in [-0.2, -0.15) is 0 Å². The third-order valence-corrected chi connectivity index (χ3v) is 17.8. The van der Waals surface area contributed by atoms with Crippen molar-refractivity contribution in [2.45, 2.75) is 373 Å². The number of hydrogen-bond donors (Lipinski definition) is 1. The molecule has 0 saturated carbocycles. The molecule has 1 N–H and O–H groups in total. The van der Waals surface area contributed by atoms with E-state index >= 15 is 0 Å². The lowest BCUT2D eigenvalue weighted by Gasteiger charge is -2.30. The number of phosphoric ester groups is 1. The van der Waals surface area contributed by atoms with Crippen molar-refractivity contribution in [3.8, 4) is 0 Å². The van der Waals surface area contributed by atoms with Gasteiger partial charge in [-0.1, -0.05) is 319 Å². The van der Waals surface area contributed by atoms with Gasteiger partial charge >= 0.3 is 5.97 Å². The topological polar surface area (TPSA) is 114 Å². The molecule has 3 unspecified atom stereocenters. The zero-order valence-electron chi connectivity index (χ0n) is 58.9. The molecule has 0 heterocycles. The van der Waals surface area contributed by atoms with E-state index in [1.807, 2.05) is 33.3 Å². The maximum absolute atomic E-state index is 13.6. The number of nitrogens with zero attached hydrogens (tertiary/aromatic N) is 1. The second kappa shape index (κ2) is 67.3. The van der Waals surface area contributed by atoms with Gasteiger partial charge in [0, 0.05) is 12.8 Å². The minimum absolute atomic E-state index is 0.0254. The number of allylic oxidation sites excluding steroid dienone is 11. The van der Waals surface area contributed by atoms with Gasteiger partial charge in [0.25, 0.3) is 7.82 Å². The zero-order valence-corrected chi connectivity index (χ0v) is 59.8. The molecule has 0 aromatic rings. The molecule has 0 aliphatic rings. The molecule has 1 amide bonds. The first-order chi connectivity index (χ1) is 42.9. The molecular formula is C78H145N2O7P. The van der Waals surface area contributed by atoms with Gasteiger partial charge in [-0.25, -0.2) is 0 Å². The van der Waals surface area contributed by atoms with Crippen LogP contribution in [0, 0.1) is 0 Å². The molecule has 0 aromatic heterocycles. The molecule has 9 nitrogen and oxygen atoms in total. The van der Waals surface area contributed by atoms with Gasteiger partial charge in [0.15, 0.2) is 0 Å². The maximum Gasteiger partial charge on any atom is 0.306 e. The molecule has 0 saturated heterocycles. The summed E-state index contributed by atoms with van der Waals surface area (Å²) in [5.41, 5.74) is 0. The van der Waals surface area contributed by atoms with Crippen molar-refractivity contribution in [1.82, 2.24) is 5.32 Å². The number of carbonyl (C=O) groups excluding carboxylic acids is 2. The van der Waals surface area contributed by atoms with Gasteiger partial charge in [-0.15, -0.1) is 0 Å². The predicted octanol–water partition coefficient (Wildman–Crippen LogP) is 23.7. The molecule has 88 heavy (non-hydrogen) atoms. The highest BCUT2D eigenvalue weighted by Gasteiger charge is 2.27. The van der Waals surface area contributed by atoms with Crippen LogP contribution in [0.15, 0.2) is 72.9 Å². The van der Waals surface area contributed by atoms with E-state index in [1.165, 1.54) is 238 Å². The van der Waals surface area contributed by atoms with Crippen molar-refractivity contribution in [2.75, 3.05) is 40.9 Å². The number of hydrogen-bond acceptors (Lipinski definition) is 7. The Bertz CT molecular complexity index is 1730. The van der Waals surface area contributed by atoms with Crippen molar-refractivity contribution >= 4 is 19.7 Å². The average molecular weight is 1250 g/mol. The molecule has 0 aliphatic carbocycles. The van der Waals surface area contributed by atoms with Crippen LogP contribution in [0.5, 0.6) is 0 Å². The molecule has 0 rings (SSSR count). The molecule has 0 bridgehead atoms. The number of carbonyl (C=O) groups is 2. The fraction of sp³-hybridized carbons (Fsp3) is 0.821. The smallest absolute Gasteiger partial charge is 0.306 e. The van der Waals surface area contributed by atoms with E-state index in [0.717, 1.165) is 89.9 Å². The average Bonchev–Trinajstić information content (AvgIpc) is 3.53. The quantitative estimate of drug-likeness (QED) is 0.0212. The van der Waals surface area contributed by atoms with Crippen LogP contribution < -0.4 is 10.2 Å². The van der Waals surface area contributed by atoms with Crippen LogP contribution in [0.4, 0.5) is 0 Å². The number of esters is 1. The van der Waals surface area contributed by atoms with E-state index in [-0.39, 0.29) is 24.9 Å². The van der Waals surface area contributed by atoms with Gasteiger partial charge < -0.3 is 28.5 Å². The first kappa shape index (κ1) is 85.5. The summed E-state index contributed by atoms with van der Waals surface area (Å²) < 4.78 is 30.5. The zero-order chi connectivity index (χ0) is 64.2. The minimum atomic E-state index is -4.71. The van der Waals surface area contributed by atoms with E-state index in [9.17, 15) is 19.0 Å². The highest BCUT2D eigenvalue weighted by molar-refractivity contribution is 7.45. The number of amides is 1. The summed E-state index contributed by atoms with van der Waals surface area (Å²) in [7, 11) is 1.18. The van der Waals surface area contributed by atoms with Crippen molar-refractivity contribution < 1.29 is 37.3 Å². The fourth-order valence-electron chi connectivity index (χ4n) is 11.0. The Labute approximate surface area is 546 Å². The van der Waals surface area contributed by atoms with Gasteiger partial charge in [0.2, 0.25) is 5.91 Å².